The number of amides is 1. The van der Waals surface area contributed by atoms with Gasteiger partial charge in [-0.25, -0.2) is 4.39 Å². The quantitative estimate of drug-likeness (QED) is 0.808. The molecule has 0 bridgehead atoms. The number of hydrogen-bond acceptors (Lipinski definition) is 3. The van der Waals surface area contributed by atoms with Crippen molar-refractivity contribution >= 4 is 29.0 Å². The van der Waals surface area contributed by atoms with Crippen molar-refractivity contribution < 1.29 is 9.18 Å². The molecule has 0 aliphatic heterocycles. The number of nitrogens with two attached hydrogens (primary N) is 1. The maximum absolute atomic E-state index is 13.0. The number of thioether (sulfide) groups is 1. The van der Waals surface area contributed by atoms with Crippen molar-refractivity contribution in [1.29, 1.82) is 0 Å². The van der Waals surface area contributed by atoms with Gasteiger partial charge in [0.05, 0.1) is 17.1 Å². The highest BCUT2D eigenvalue weighted by Crippen LogP contribution is 2.21. The van der Waals surface area contributed by atoms with Crippen molar-refractivity contribution in [2.24, 2.45) is 5.92 Å². The number of nitrogens with one attached hydrogen (secondary N) is 1. The molecule has 0 aliphatic carbocycles. The molecule has 3 nitrogen and oxygen atoms in total. The second-order valence-corrected chi connectivity index (χ2v) is 5.91. The Morgan fingerprint density at radius 3 is 2.72 bits per heavy atom. The average molecular weight is 270 g/mol. The number of nitrogen functional groups attached to an aromatic ring is 1. The van der Waals surface area contributed by atoms with Crippen LogP contribution in [0.15, 0.2) is 18.2 Å². The molecular weight excluding hydrogens is 251 g/mol. The predicted molar refractivity (Wildman–Crippen MR) is 76.2 cm³/mol. The molecule has 0 heterocycles. The van der Waals surface area contributed by atoms with E-state index >= 15 is 0 Å². The summed E-state index contributed by atoms with van der Waals surface area (Å²) in [6.45, 7) is 6.30. The normalized spacial score (nSPS) is 12.5. The van der Waals surface area contributed by atoms with Crippen LogP contribution in [0.4, 0.5) is 15.8 Å². The van der Waals surface area contributed by atoms with Crippen LogP contribution in [0, 0.1) is 11.7 Å². The maximum Gasteiger partial charge on any atom is 0.234 e. The SMILES string of the molecule is CC(C)C(C)SCC(=O)Nc1cc(F)ccc1N. The van der Waals surface area contributed by atoms with Gasteiger partial charge in [0.25, 0.3) is 0 Å². The predicted octanol–water partition coefficient (Wildman–Crippen LogP) is 3.12. The minimum atomic E-state index is -0.414. The Bertz CT molecular complexity index is 423. The van der Waals surface area contributed by atoms with Crippen LogP contribution in [0.3, 0.4) is 0 Å². The number of anilines is 2. The fourth-order valence-electron chi connectivity index (χ4n) is 1.22. The second-order valence-electron chi connectivity index (χ2n) is 4.54. The van der Waals surface area contributed by atoms with Gasteiger partial charge in [-0.2, -0.15) is 0 Å². The molecule has 0 spiro atoms. The first-order valence-electron chi connectivity index (χ1n) is 5.86. The zero-order chi connectivity index (χ0) is 13.7. The van der Waals surface area contributed by atoms with Crippen LogP contribution in [-0.4, -0.2) is 16.9 Å². The summed E-state index contributed by atoms with van der Waals surface area (Å²) < 4.78 is 13.0. The molecule has 0 saturated heterocycles. The molecule has 5 heteroatoms. The molecule has 0 radical (unpaired) electrons. The van der Waals surface area contributed by atoms with Crippen LogP contribution in [-0.2, 0) is 4.79 Å². The van der Waals surface area contributed by atoms with Crippen LogP contribution < -0.4 is 11.1 Å². The van der Waals surface area contributed by atoms with Gasteiger partial charge in [-0.05, 0) is 24.1 Å². The minimum absolute atomic E-state index is 0.162. The molecular formula is C13H19FN2OS. The van der Waals surface area contributed by atoms with E-state index in [1.54, 1.807) is 11.8 Å². The molecule has 1 rings (SSSR count). The summed E-state index contributed by atoms with van der Waals surface area (Å²) in [6, 6.07) is 3.93. The molecule has 100 valence electrons. The topological polar surface area (TPSA) is 55.1 Å². The first kappa shape index (κ1) is 14.8. The monoisotopic (exact) mass is 270 g/mol. The molecule has 0 fully saturated rings. The minimum Gasteiger partial charge on any atom is -0.397 e. The van der Waals surface area contributed by atoms with Gasteiger partial charge in [-0.1, -0.05) is 20.8 Å². The van der Waals surface area contributed by atoms with E-state index in [2.05, 4.69) is 26.1 Å². The first-order chi connectivity index (χ1) is 8.40. The van der Waals surface area contributed by atoms with Gasteiger partial charge in [-0.15, -0.1) is 11.8 Å². The van der Waals surface area contributed by atoms with Crippen molar-refractivity contribution in [2.45, 2.75) is 26.0 Å². The molecule has 0 aliphatic rings. The summed E-state index contributed by atoms with van der Waals surface area (Å²) in [7, 11) is 0. The summed E-state index contributed by atoms with van der Waals surface area (Å²) >= 11 is 1.58. The summed E-state index contributed by atoms with van der Waals surface area (Å²) in [4.78, 5) is 11.7. The number of halogens is 1. The zero-order valence-corrected chi connectivity index (χ0v) is 11.7. The Labute approximate surface area is 111 Å². The highest BCUT2D eigenvalue weighted by atomic mass is 32.2. The summed E-state index contributed by atoms with van der Waals surface area (Å²) in [6.07, 6.45) is 0. The molecule has 1 aromatic rings. The van der Waals surface area contributed by atoms with E-state index in [-0.39, 0.29) is 5.91 Å². The van der Waals surface area contributed by atoms with Gasteiger partial charge in [0.2, 0.25) is 5.91 Å². The zero-order valence-electron chi connectivity index (χ0n) is 10.9. The maximum atomic E-state index is 13.0. The van der Waals surface area contributed by atoms with E-state index in [9.17, 15) is 9.18 Å². The van der Waals surface area contributed by atoms with Crippen molar-refractivity contribution in [2.75, 3.05) is 16.8 Å². The average Bonchev–Trinajstić information content (AvgIpc) is 2.30. The van der Waals surface area contributed by atoms with Crippen LogP contribution in [0.1, 0.15) is 20.8 Å². The third kappa shape index (κ3) is 4.56. The van der Waals surface area contributed by atoms with Crippen LogP contribution in [0.2, 0.25) is 0 Å². The smallest absolute Gasteiger partial charge is 0.234 e. The van der Waals surface area contributed by atoms with E-state index in [1.807, 2.05) is 0 Å². The van der Waals surface area contributed by atoms with Crippen LogP contribution in [0.5, 0.6) is 0 Å². The van der Waals surface area contributed by atoms with Crippen molar-refractivity contribution in [3.8, 4) is 0 Å². The number of hydrogen-bond donors (Lipinski definition) is 2. The summed E-state index contributed by atoms with van der Waals surface area (Å²) in [5.74, 6) is 0.282. The fraction of sp³-hybridized carbons (Fsp3) is 0.462. The van der Waals surface area contributed by atoms with Crippen LogP contribution in [0.25, 0.3) is 0 Å². The molecule has 1 unspecified atom stereocenters. The highest BCUT2D eigenvalue weighted by molar-refractivity contribution is 8.00. The molecule has 0 saturated carbocycles. The lowest BCUT2D eigenvalue weighted by Gasteiger charge is -2.15. The van der Waals surface area contributed by atoms with Gasteiger partial charge < -0.3 is 11.1 Å². The van der Waals surface area contributed by atoms with Crippen LogP contribution >= 0.6 is 11.8 Å². The molecule has 1 aromatic carbocycles. The Morgan fingerprint density at radius 1 is 1.44 bits per heavy atom. The lowest BCUT2D eigenvalue weighted by molar-refractivity contribution is -0.113. The Morgan fingerprint density at radius 2 is 2.11 bits per heavy atom. The fourth-order valence-corrected chi connectivity index (χ4v) is 2.09. The van der Waals surface area contributed by atoms with Gasteiger partial charge >= 0.3 is 0 Å². The van der Waals surface area contributed by atoms with E-state index < -0.39 is 5.82 Å². The van der Waals surface area contributed by atoms with E-state index in [4.69, 9.17) is 5.73 Å². The van der Waals surface area contributed by atoms with E-state index in [0.717, 1.165) is 0 Å². The Kier molecular flexibility index (Phi) is 5.47. The van der Waals surface area contributed by atoms with Gasteiger partial charge in [0.15, 0.2) is 0 Å². The lowest BCUT2D eigenvalue weighted by atomic mass is 10.2. The van der Waals surface area contributed by atoms with E-state index in [0.29, 0.717) is 28.3 Å². The van der Waals surface area contributed by atoms with Gasteiger partial charge in [0, 0.05) is 5.25 Å². The number of rotatable bonds is 5. The Hall–Kier alpha value is -1.23. The van der Waals surface area contributed by atoms with Gasteiger partial charge in [0.1, 0.15) is 5.82 Å². The first-order valence-corrected chi connectivity index (χ1v) is 6.91. The van der Waals surface area contributed by atoms with Crippen molar-refractivity contribution in [3.63, 3.8) is 0 Å². The number of benzene rings is 1. The third-order valence-corrected chi connectivity index (χ3v) is 4.20. The second kappa shape index (κ2) is 6.64. The highest BCUT2D eigenvalue weighted by Gasteiger charge is 2.11. The standard InChI is InChI=1S/C13H19FN2OS/c1-8(2)9(3)18-7-13(17)16-12-6-10(14)4-5-11(12)15/h4-6,8-9H,7,15H2,1-3H3,(H,16,17). The summed E-state index contributed by atoms with van der Waals surface area (Å²) in [5, 5.41) is 3.02. The lowest BCUT2D eigenvalue weighted by Crippen LogP contribution is -2.18. The molecule has 1 amide bonds. The summed E-state index contributed by atoms with van der Waals surface area (Å²) in [5.41, 5.74) is 6.35. The molecule has 1 atom stereocenters. The molecule has 3 N–H and O–H groups in total. The van der Waals surface area contributed by atoms with Crippen molar-refractivity contribution in [3.05, 3.63) is 24.0 Å². The Balaban J connectivity index is 2.52. The van der Waals surface area contributed by atoms with E-state index in [1.165, 1.54) is 18.2 Å². The number of carbonyl (C=O) groups is 1. The largest absolute Gasteiger partial charge is 0.397 e. The molecule has 0 aromatic heterocycles. The molecule has 18 heavy (non-hydrogen) atoms. The number of carbonyl (C=O) groups excluding carboxylic acids is 1. The third-order valence-electron chi connectivity index (χ3n) is 2.71. The van der Waals surface area contributed by atoms with Crippen molar-refractivity contribution in [1.82, 2.24) is 0 Å². The van der Waals surface area contributed by atoms with Gasteiger partial charge in [-0.3, -0.25) is 4.79 Å².